The molecule has 1 aromatic rings. The number of rotatable bonds is 4. The van der Waals surface area contributed by atoms with E-state index in [1.807, 2.05) is 33.8 Å². The Balaban J connectivity index is 3.01. The molecular weight excluding hydrogens is 242 g/mol. The summed E-state index contributed by atoms with van der Waals surface area (Å²) in [6.45, 7) is 7.36. The molecule has 0 aliphatic heterocycles. The van der Waals surface area contributed by atoms with Crippen molar-refractivity contribution >= 4 is 17.5 Å². The highest BCUT2D eigenvalue weighted by Gasteiger charge is 2.23. The van der Waals surface area contributed by atoms with E-state index in [1.54, 1.807) is 6.07 Å². The van der Waals surface area contributed by atoms with Gasteiger partial charge in [0.1, 0.15) is 6.04 Å². The van der Waals surface area contributed by atoms with Gasteiger partial charge in [-0.15, -0.1) is 0 Å². The second-order valence-corrected chi connectivity index (χ2v) is 5.12. The number of aryl methyl sites for hydroxylation is 2. The van der Waals surface area contributed by atoms with Crippen LogP contribution in [0.15, 0.2) is 12.1 Å². The molecule has 0 aromatic heterocycles. The van der Waals surface area contributed by atoms with E-state index in [-0.39, 0.29) is 11.8 Å². The summed E-state index contributed by atoms with van der Waals surface area (Å²) < 4.78 is 0. The average molecular weight is 263 g/mol. The number of hydrogen-bond acceptors (Lipinski definition) is 3. The Morgan fingerprint density at radius 2 is 1.74 bits per heavy atom. The normalized spacial score (nSPS) is 12.3. The van der Waals surface area contributed by atoms with Crippen molar-refractivity contribution in [1.29, 1.82) is 0 Å². The molecule has 0 aliphatic carbocycles. The highest BCUT2D eigenvalue weighted by molar-refractivity contribution is 5.99. The summed E-state index contributed by atoms with van der Waals surface area (Å²) in [6.07, 6.45) is 0. The molecule has 0 spiro atoms. The summed E-state index contributed by atoms with van der Waals surface area (Å²) in [4.78, 5) is 23.5. The Labute approximate surface area is 113 Å². The maximum atomic E-state index is 12.2. The zero-order valence-electron chi connectivity index (χ0n) is 11.8. The molecule has 5 N–H and O–H groups in total. The van der Waals surface area contributed by atoms with Gasteiger partial charge in [-0.2, -0.15) is 0 Å². The third-order valence-corrected chi connectivity index (χ3v) is 3.12. The monoisotopic (exact) mass is 263 g/mol. The number of carbonyl (C=O) groups is 2. The molecule has 0 fully saturated rings. The lowest BCUT2D eigenvalue weighted by Crippen LogP contribution is -2.47. The van der Waals surface area contributed by atoms with Gasteiger partial charge in [0.2, 0.25) is 5.91 Å². The number of nitrogen functional groups attached to an aromatic ring is 1. The molecule has 1 unspecified atom stereocenters. The first-order valence-corrected chi connectivity index (χ1v) is 6.21. The fourth-order valence-corrected chi connectivity index (χ4v) is 1.90. The van der Waals surface area contributed by atoms with E-state index in [0.29, 0.717) is 11.3 Å². The van der Waals surface area contributed by atoms with Crippen LogP contribution in [0.4, 0.5) is 5.69 Å². The maximum Gasteiger partial charge on any atom is 0.252 e. The summed E-state index contributed by atoms with van der Waals surface area (Å²) in [5.74, 6) is -0.938. The zero-order chi connectivity index (χ0) is 14.7. The minimum Gasteiger partial charge on any atom is -0.398 e. The van der Waals surface area contributed by atoms with Gasteiger partial charge in [0.15, 0.2) is 0 Å². The number of anilines is 1. The van der Waals surface area contributed by atoms with Gasteiger partial charge in [0.25, 0.3) is 5.91 Å². The van der Waals surface area contributed by atoms with Crippen LogP contribution in [0.3, 0.4) is 0 Å². The molecule has 5 nitrogen and oxygen atoms in total. The van der Waals surface area contributed by atoms with Crippen LogP contribution in [0.25, 0.3) is 0 Å². The second kappa shape index (κ2) is 5.73. The Morgan fingerprint density at radius 3 is 2.21 bits per heavy atom. The molecule has 0 heterocycles. The standard InChI is InChI=1S/C14H21N3O2/c1-7(2)12(13(16)18)17-14(19)10-6-11(15)9(4)5-8(10)3/h5-7,12H,15H2,1-4H3,(H2,16,18)(H,17,19). The smallest absolute Gasteiger partial charge is 0.252 e. The molecule has 19 heavy (non-hydrogen) atoms. The predicted molar refractivity (Wildman–Crippen MR) is 75.6 cm³/mol. The lowest BCUT2D eigenvalue weighted by molar-refractivity contribution is -0.120. The third kappa shape index (κ3) is 3.47. The van der Waals surface area contributed by atoms with E-state index in [2.05, 4.69) is 5.32 Å². The molecule has 1 rings (SSSR count). The molecule has 2 amide bonds. The van der Waals surface area contributed by atoms with Gasteiger partial charge in [-0.1, -0.05) is 19.9 Å². The number of nitrogens with one attached hydrogen (secondary N) is 1. The second-order valence-electron chi connectivity index (χ2n) is 5.12. The van der Waals surface area contributed by atoms with Crippen molar-refractivity contribution in [3.05, 3.63) is 28.8 Å². The van der Waals surface area contributed by atoms with Gasteiger partial charge in [0.05, 0.1) is 0 Å². The molecule has 1 atom stereocenters. The van der Waals surface area contributed by atoms with Crippen LogP contribution in [0, 0.1) is 19.8 Å². The Hall–Kier alpha value is -2.04. The lowest BCUT2D eigenvalue weighted by atomic mass is 10.0. The fraction of sp³-hybridized carbons (Fsp3) is 0.429. The SMILES string of the molecule is Cc1cc(C)c(C(=O)NC(C(N)=O)C(C)C)cc1N. The molecule has 0 bridgehead atoms. The van der Waals surface area contributed by atoms with Crippen molar-refractivity contribution in [3.8, 4) is 0 Å². The molecule has 1 aromatic carbocycles. The molecular formula is C14H21N3O2. The Morgan fingerprint density at radius 1 is 1.16 bits per heavy atom. The average Bonchev–Trinajstić information content (AvgIpc) is 2.29. The number of hydrogen-bond donors (Lipinski definition) is 3. The van der Waals surface area contributed by atoms with Crippen LogP contribution in [0.2, 0.25) is 0 Å². The number of amides is 2. The predicted octanol–water partition coefficient (Wildman–Crippen LogP) is 1.13. The third-order valence-electron chi connectivity index (χ3n) is 3.12. The van der Waals surface area contributed by atoms with Crippen molar-refractivity contribution in [3.63, 3.8) is 0 Å². The van der Waals surface area contributed by atoms with Crippen LogP contribution in [0.1, 0.15) is 35.3 Å². The minimum atomic E-state index is -0.686. The quantitative estimate of drug-likeness (QED) is 0.710. The van der Waals surface area contributed by atoms with Gasteiger partial charge in [0, 0.05) is 11.3 Å². The number of benzene rings is 1. The van der Waals surface area contributed by atoms with Gasteiger partial charge in [-0.3, -0.25) is 9.59 Å². The van der Waals surface area contributed by atoms with Crippen molar-refractivity contribution in [2.75, 3.05) is 5.73 Å². The van der Waals surface area contributed by atoms with E-state index in [9.17, 15) is 9.59 Å². The van der Waals surface area contributed by atoms with Crippen LogP contribution in [-0.2, 0) is 4.79 Å². The van der Waals surface area contributed by atoms with E-state index >= 15 is 0 Å². The van der Waals surface area contributed by atoms with Crippen LogP contribution < -0.4 is 16.8 Å². The Bertz CT molecular complexity index is 510. The number of primary amides is 1. The van der Waals surface area contributed by atoms with Gasteiger partial charge in [-0.25, -0.2) is 0 Å². The summed E-state index contributed by atoms with van der Waals surface area (Å²) in [6, 6.07) is 2.78. The topological polar surface area (TPSA) is 98.2 Å². The van der Waals surface area contributed by atoms with Crippen molar-refractivity contribution in [2.24, 2.45) is 11.7 Å². The highest BCUT2D eigenvalue weighted by Crippen LogP contribution is 2.18. The van der Waals surface area contributed by atoms with Crippen molar-refractivity contribution < 1.29 is 9.59 Å². The summed E-state index contributed by atoms with van der Waals surface area (Å²) >= 11 is 0. The number of nitrogens with two attached hydrogens (primary N) is 2. The van der Waals surface area contributed by atoms with Crippen molar-refractivity contribution in [1.82, 2.24) is 5.32 Å². The first-order valence-electron chi connectivity index (χ1n) is 6.21. The summed E-state index contributed by atoms with van der Waals surface area (Å²) in [7, 11) is 0. The Kier molecular flexibility index (Phi) is 4.53. The first kappa shape index (κ1) is 15.0. The maximum absolute atomic E-state index is 12.2. The molecule has 5 heteroatoms. The molecule has 0 aliphatic rings. The lowest BCUT2D eigenvalue weighted by Gasteiger charge is -2.20. The van der Waals surface area contributed by atoms with Crippen LogP contribution in [-0.4, -0.2) is 17.9 Å². The first-order chi connectivity index (χ1) is 8.73. The van der Waals surface area contributed by atoms with E-state index in [1.165, 1.54) is 0 Å². The van der Waals surface area contributed by atoms with E-state index < -0.39 is 11.9 Å². The largest absolute Gasteiger partial charge is 0.398 e. The summed E-state index contributed by atoms with van der Waals surface area (Å²) in [5.41, 5.74) is 13.8. The van der Waals surface area contributed by atoms with Crippen molar-refractivity contribution in [2.45, 2.75) is 33.7 Å². The van der Waals surface area contributed by atoms with Crippen LogP contribution >= 0.6 is 0 Å². The van der Waals surface area contributed by atoms with E-state index in [0.717, 1.165) is 11.1 Å². The number of carbonyl (C=O) groups excluding carboxylic acids is 2. The molecule has 104 valence electrons. The van der Waals surface area contributed by atoms with Gasteiger partial charge in [-0.05, 0) is 37.0 Å². The van der Waals surface area contributed by atoms with Crippen LogP contribution in [0.5, 0.6) is 0 Å². The summed E-state index contributed by atoms with van der Waals surface area (Å²) in [5, 5.41) is 2.65. The molecule has 0 saturated carbocycles. The minimum absolute atomic E-state index is 0.0652. The fourth-order valence-electron chi connectivity index (χ4n) is 1.90. The zero-order valence-corrected chi connectivity index (χ0v) is 11.8. The van der Waals surface area contributed by atoms with E-state index in [4.69, 9.17) is 11.5 Å². The molecule has 0 saturated heterocycles. The molecule has 0 radical (unpaired) electrons. The highest BCUT2D eigenvalue weighted by atomic mass is 16.2. The van der Waals surface area contributed by atoms with Gasteiger partial charge < -0.3 is 16.8 Å². The van der Waals surface area contributed by atoms with Gasteiger partial charge >= 0.3 is 0 Å².